The Labute approximate surface area is 85.8 Å². The van der Waals surface area contributed by atoms with E-state index >= 15 is 0 Å². The molecule has 2 aromatic rings. The molecule has 2 aromatic heterocycles. The van der Waals surface area contributed by atoms with E-state index in [0.717, 1.165) is 21.3 Å². The summed E-state index contributed by atoms with van der Waals surface area (Å²) < 4.78 is 5.45. The van der Waals surface area contributed by atoms with E-state index in [1.54, 1.807) is 17.5 Å². The van der Waals surface area contributed by atoms with Gasteiger partial charge in [0.2, 0.25) is 5.89 Å². The van der Waals surface area contributed by atoms with Crippen LogP contribution in [0.2, 0.25) is 0 Å². The van der Waals surface area contributed by atoms with Crippen LogP contribution < -0.4 is 5.73 Å². The Hall–Kier alpha value is -1.20. The summed E-state index contributed by atoms with van der Waals surface area (Å²) in [6, 6.07) is 0. The number of aromatic nitrogens is 2. The summed E-state index contributed by atoms with van der Waals surface area (Å²) in [5.41, 5.74) is 6.39. The summed E-state index contributed by atoms with van der Waals surface area (Å²) in [6.45, 7) is 4.27. The van der Waals surface area contributed by atoms with Crippen molar-refractivity contribution in [3.05, 3.63) is 22.8 Å². The molecular formula is C9H11N3OS. The van der Waals surface area contributed by atoms with Crippen molar-refractivity contribution in [3.8, 4) is 10.6 Å². The lowest BCUT2D eigenvalue weighted by Gasteiger charge is -1.90. The van der Waals surface area contributed by atoms with E-state index in [-0.39, 0.29) is 0 Å². The summed E-state index contributed by atoms with van der Waals surface area (Å²) in [4.78, 5) is 9.41. The summed E-state index contributed by atoms with van der Waals surface area (Å²) in [5.74, 6) is 1.32. The molecule has 74 valence electrons. The Morgan fingerprint density at radius 2 is 2.29 bits per heavy atom. The number of oxazole rings is 1. The Balaban J connectivity index is 2.43. The maximum Gasteiger partial charge on any atom is 0.208 e. The van der Waals surface area contributed by atoms with Crippen molar-refractivity contribution in [2.75, 3.05) is 0 Å². The molecule has 14 heavy (non-hydrogen) atoms. The highest BCUT2D eigenvalue weighted by Gasteiger charge is 2.11. The van der Waals surface area contributed by atoms with Gasteiger partial charge in [0.1, 0.15) is 0 Å². The van der Waals surface area contributed by atoms with Gasteiger partial charge in [0.25, 0.3) is 0 Å². The number of hydrogen-bond donors (Lipinski definition) is 1. The zero-order valence-corrected chi connectivity index (χ0v) is 8.89. The smallest absolute Gasteiger partial charge is 0.208 e. The minimum absolute atomic E-state index is 0.330. The van der Waals surface area contributed by atoms with E-state index in [9.17, 15) is 0 Å². The molecule has 0 aliphatic rings. The average Bonchev–Trinajstić information content (AvgIpc) is 2.71. The number of rotatable bonds is 2. The van der Waals surface area contributed by atoms with Crippen LogP contribution in [0.1, 0.15) is 16.6 Å². The molecule has 2 N–H and O–H groups in total. The largest absolute Gasteiger partial charge is 0.438 e. The Morgan fingerprint density at radius 1 is 1.50 bits per heavy atom. The highest BCUT2D eigenvalue weighted by Crippen LogP contribution is 2.29. The van der Waals surface area contributed by atoms with Crippen molar-refractivity contribution in [1.82, 2.24) is 9.97 Å². The lowest BCUT2D eigenvalue weighted by molar-refractivity contribution is 0.510. The first-order valence-electron chi connectivity index (χ1n) is 4.30. The molecule has 0 aromatic carbocycles. The first kappa shape index (κ1) is 9.36. The predicted octanol–water partition coefficient (Wildman–Crippen LogP) is 1.87. The molecule has 0 bridgehead atoms. The molecule has 0 saturated heterocycles. The van der Waals surface area contributed by atoms with Crippen LogP contribution in [0.5, 0.6) is 0 Å². The van der Waals surface area contributed by atoms with Crippen LogP contribution in [-0.4, -0.2) is 9.97 Å². The Bertz CT molecular complexity index is 447. The highest BCUT2D eigenvalue weighted by atomic mass is 32.1. The first-order chi connectivity index (χ1) is 6.70. The number of thiazole rings is 1. The van der Waals surface area contributed by atoms with Crippen LogP contribution in [0.15, 0.2) is 10.6 Å². The number of aryl methyl sites for hydroxylation is 2. The topological polar surface area (TPSA) is 64.9 Å². The minimum atomic E-state index is 0.330. The van der Waals surface area contributed by atoms with Crippen LogP contribution in [0.4, 0.5) is 0 Å². The van der Waals surface area contributed by atoms with Crippen LogP contribution in [-0.2, 0) is 6.54 Å². The van der Waals surface area contributed by atoms with Crippen molar-refractivity contribution in [3.63, 3.8) is 0 Å². The van der Waals surface area contributed by atoms with Crippen molar-refractivity contribution in [2.24, 2.45) is 5.73 Å². The normalized spacial score (nSPS) is 10.8. The number of hydrogen-bond acceptors (Lipinski definition) is 5. The van der Waals surface area contributed by atoms with Gasteiger partial charge in [-0.05, 0) is 13.8 Å². The van der Waals surface area contributed by atoms with Gasteiger partial charge in [0.05, 0.1) is 28.3 Å². The molecule has 0 spiro atoms. The van der Waals surface area contributed by atoms with E-state index in [0.29, 0.717) is 12.4 Å². The van der Waals surface area contributed by atoms with Crippen LogP contribution in [0, 0.1) is 13.8 Å². The zero-order valence-electron chi connectivity index (χ0n) is 8.07. The molecular weight excluding hydrogens is 198 g/mol. The standard InChI is InChI=1S/C9H11N3OS/c1-5-9(14-6(2)12-5)7-4-11-8(3-10)13-7/h4H,3,10H2,1-2H3. The zero-order chi connectivity index (χ0) is 10.1. The predicted molar refractivity (Wildman–Crippen MR) is 55.0 cm³/mol. The van der Waals surface area contributed by atoms with Crippen molar-refractivity contribution in [1.29, 1.82) is 0 Å². The second-order valence-electron chi connectivity index (χ2n) is 2.97. The van der Waals surface area contributed by atoms with Crippen LogP contribution >= 0.6 is 11.3 Å². The van der Waals surface area contributed by atoms with Crippen molar-refractivity contribution >= 4 is 11.3 Å². The van der Waals surface area contributed by atoms with Gasteiger partial charge in [-0.1, -0.05) is 0 Å². The van der Waals surface area contributed by atoms with E-state index in [1.165, 1.54) is 0 Å². The first-order valence-corrected chi connectivity index (χ1v) is 5.11. The molecule has 2 heterocycles. The Kier molecular flexibility index (Phi) is 2.35. The minimum Gasteiger partial charge on any atom is -0.438 e. The van der Waals surface area contributed by atoms with Gasteiger partial charge in [0.15, 0.2) is 5.76 Å². The molecule has 4 nitrogen and oxygen atoms in total. The fourth-order valence-electron chi connectivity index (χ4n) is 1.27. The summed E-state index contributed by atoms with van der Waals surface area (Å²) >= 11 is 1.61. The van der Waals surface area contributed by atoms with Gasteiger partial charge < -0.3 is 10.2 Å². The fourth-order valence-corrected chi connectivity index (χ4v) is 2.14. The molecule has 0 aliphatic carbocycles. The summed E-state index contributed by atoms with van der Waals surface area (Å²) in [7, 11) is 0. The lowest BCUT2D eigenvalue weighted by Crippen LogP contribution is -1.94. The summed E-state index contributed by atoms with van der Waals surface area (Å²) in [5, 5.41) is 1.03. The van der Waals surface area contributed by atoms with Gasteiger partial charge in [-0.25, -0.2) is 9.97 Å². The van der Waals surface area contributed by atoms with E-state index in [4.69, 9.17) is 10.2 Å². The number of nitrogens with zero attached hydrogens (tertiary/aromatic N) is 2. The SMILES string of the molecule is Cc1nc(C)c(-c2cnc(CN)o2)s1. The number of nitrogens with two attached hydrogens (primary N) is 1. The van der Waals surface area contributed by atoms with E-state index in [1.807, 2.05) is 13.8 Å². The molecule has 2 rings (SSSR count). The van der Waals surface area contributed by atoms with Gasteiger partial charge in [0, 0.05) is 0 Å². The van der Waals surface area contributed by atoms with Gasteiger partial charge in [-0.15, -0.1) is 11.3 Å². The van der Waals surface area contributed by atoms with Crippen LogP contribution in [0.3, 0.4) is 0 Å². The van der Waals surface area contributed by atoms with Gasteiger partial charge >= 0.3 is 0 Å². The molecule has 0 amide bonds. The van der Waals surface area contributed by atoms with Crippen LogP contribution in [0.25, 0.3) is 10.6 Å². The quantitative estimate of drug-likeness (QED) is 0.820. The molecule has 0 radical (unpaired) electrons. The molecule has 0 aliphatic heterocycles. The van der Waals surface area contributed by atoms with Gasteiger partial charge in [-0.3, -0.25) is 0 Å². The lowest BCUT2D eigenvalue weighted by atomic mass is 10.3. The van der Waals surface area contributed by atoms with E-state index in [2.05, 4.69) is 9.97 Å². The molecule has 0 saturated carbocycles. The second kappa shape index (κ2) is 3.51. The maximum atomic E-state index is 5.45. The van der Waals surface area contributed by atoms with Crippen molar-refractivity contribution in [2.45, 2.75) is 20.4 Å². The third-order valence-electron chi connectivity index (χ3n) is 1.86. The third-order valence-corrected chi connectivity index (χ3v) is 2.94. The average molecular weight is 209 g/mol. The molecule has 5 heteroatoms. The molecule has 0 atom stereocenters. The molecule has 0 fully saturated rings. The summed E-state index contributed by atoms with van der Waals surface area (Å²) in [6.07, 6.45) is 1.70. The third kappa shape index (κ3) is 1.56. The highest BCUT2D eigenvalue weighted by molar-refractivity contribution is 7.15. The van der Waals surface area contributed by atoms with Gasteiger partial charge in [-0.2, -0.15) is 0 Å². The monoisotopic (exact) mass is 209 g/mol. The van der Waals surface area contributed by atoms with E-state index < -0.39 is 0 Å². The van der Waals surface area contributed by atoms with Crippen molar-refractivity contribution < 1.29 is 4.42 Å². The Morgan fingerprint density at radius 3 is 2.79 bits per heavy atom. The maximum absolute atomic E-state index is 5.45. The second-order valence-corrected chi connectivity index (χ2v) is 4.17. The molecule has 0 unspecified atom stereocenters. The fraction of sp³-hybridized carbons (Fsp3) is 0.333.